The first-order valence-electron chi connectivity index (χ1n) is 5.33. The average molecular weight is 219 g/mol. The van der Waals surface area contributed by atoms with E-state index in [9.17, 15) is 13.6 Å². The van der Waals surface area contributed by atoms with Crippen molar-refractivity contribution in [3.8, 4) is 0 Å². The van der Waals surface area contributed by atoms with Gasteiger partial charge in [-0.15, -0.1) is 0 Å². The molecule has 2 aliphatic rings. The van der Waals surface area contributed by atoms with Crippen molar-refractivity contribution in [3.05, 3.63) is 0 Å². The lowest BCUT2D eigenvalue weighted by Crippen LogP contribution is -2.56. The number of aliphatic carboxylic acids is 1. The van der Waals surface area contributed by atoms with Gasteiger partial charge in [0, 0.05) is 32.0 Å². The molecule has 15 heavy (non-hydrogen) atoms. The maximum atomic E-state index is 12.9. The Morgan fingerprint density at radius 1 is 1.27 bits per heavy atom. The van der Waals surface area contributed by atoms with Gasteiger partial charge >= 0.3 is 5.97 Å². The van der Waals surface area contributed by atoms with Crippen LogP contribution in [0, 0.1) is 5.92 Å². The number of nitrogens with zero attached hydrogens (tertiary/aromatic N) is 1. The first-order chi connectivity index (χ1) is 6.98. The van der Waals surface area contributed by atoms with Crippen molar-refractivity contribution in [1.29, 1.82) is 0 Å². The fraction of sp³-hybridized carbons (Fsp3) is 0.900. The molecule has 1 aliphatic carbocycles. The van der Waals surface area contributed by atoms with Gasteiger partial charge in [0.05, 0.1) is 5.92 Å². The zero-order valence-electron chi connectivity index (χ0n) is 8.46. The summed E-state index contributed by atoms with van der Waals surface area (Å²) in [4.78, 5) is 12.6. The molecular weight excluding hydrogens is 204 g/mol. The molecule has 86 valence electrons. The quantitative estimate of drug-likeness (QED) is 0.766. The molecule has 0 aromatic carbocycles. The number of hydrogen-bond donors (Lipinski definition) is 1. The maximum Gasteiger partial charge on any atom is 0.309 e. The van der Waals surface area contributed by atoms with Gasteiger partial charge in [-0.1, -0.05) is 0 Å². The molecule has 1 saturated heterocycles. The minimum absolute atomic E-state index is 0.0497. The molecule has 0 radical (unpaired) electrons. The van der Waals surface area contributed by atoms with Crippen molar-refractivity contribution in [1.82, 2.24) is 4.90 Å². The van der Waals surface area contributed by atoms with Gasteiger partial charge in [0.1, 0.15) is 0 Å². The van der Waals surface area contributed by atoms with Crippen molar-refractivity contribution in [2.24, 2.45) is 5.92 Å². The predicted octanol–water partition coefficient (Wildman–Crippen LogP) is 1.58. The van der Waals surface area contributed by atoms with Crippen LogP contribution >= 0.6 is 0 Å². The highest BCUT2D eigenvalue weighted by molar-refractivity contribution is 5.71. The van der Waals surface area contributed by atoms with Crippen LogP contribution in [0.25, 0.3) is 0 Å². The molecule has 1 heterocycles. The molecule has 2 rings (SSSR count). The van der Waals surface area contributed by atoms with Gasteiger partial charge in [-0.2, -0.15) is 0 Å². The smallest absolute Gasteiger partial charge is 0.309 e. The van der Waals surface area contributed by atoms with Crippen LogP contribution in [0.5, 0.6) is 0 Å². The van der Waals surface area contributed by atoms with E-state index in [2.05, 4.69) is 0 Å². The molecule has 0 aromatic heterocycles. The molecule has 0 bridgehead atoms. The van der Waals surface area contributed by atoms with Crippen LogP contribution in [0.1, 0.15) is 25.7 Å². The summed E-state index contributed by atoms with van der Waals surface area (Å²) in [5, 5.41) is 8.69. The molecule has 0 amide bonds. The van der Waals surface area contributed by atoms with Crippen LogP contribution in [0.3, 0.4) is 0 Å². The number of carboxylic acid groups (broad SMARTS) is 1. The second-order valence-electron chi connectivity index (χ2n) is 4.58. The van der Waals surface area contributed by atoms with Gasteiger partial charge in [-0.05, 0) is 12.8 Å². The fourth-order valence-electron chi connectivity index (χ4n) is 2.36. The summed E-state index contributed by atoms with van der Waals surface area (Å²) in [5.41, 5.74) is 0. The van der Waals surface area contributed by atoms with Crippen LogP contribution in [-0.2, 0) is 4.79 Å². The first-order valence-corrected chi connectivity index (χ1v) is 5.33. The largest absolute Gasteiger partial charge is 0.481 e. The Morgan fingerprint density at radius 3 is 2.27 bits per heavy atom. The third kappa shape index (κ3) is 2.27. The molecule has 0 atom stereocenters. The summed E-state index contributed by atoms with van der Waals surface area (Å²) < 4.78 is 25.7. The molecular formula is C10H15F2NO2. The van der Waals surface area contributed by atoms with E-state index in [1.54, 1.807) is 0 Å². The lowest BCUT2D eigenvalue weighted by atomic mass is 9.87. The molecule has 1 saturated carbocycles. The molecule has 0 spiro atoms. The van der Waals surface area contributed by atoms with E-state index in [1.807, 2.05) is 4.90 Å². The third-order valence-electron chi connectivity index (χ3n) is 3.46. The van der Waals surface area contributed by atoms with E-state index in [0.29, 0.717) is 25.9 Å². The van der Waals surface area contributed by atoms with Crippen molar-refractivity contribution in [3.63, 3.8) is 0 Å². The van der Waals surface area contributed by atoms with Gasteiger partial charge in [-0.3, -0.25) is 9.69 Å². The Morgan fingerprint density at radius 2 is 1.80 bits per heavy atom. The number of likely N-dealkylation sites (tertiary alicyclic amines) is 1. The molecule has 2 fully saturated rings. The minimum atomic E-state index is -2.49. The maximum absolute atomic E-state index is 12.9. The normalized spacial score (nSPS) is 28.7. The molecule has 5 heteroatoms. The standard InChI is InChI=1S/C10H15F2NO2/c11-10(12)3-1-8(2-4-10)13-5-7(6-13)9(14)15/h7-8H,1-6H2,(H,14,15). The summed E-state index contributed by atoms with van der Waals surface area (Å²) in [6.45, 7) is 1.07. The summed E-state index contributed by atoms with van der Waals surface area (Å²) >= 11 is 0. The van der Waals surface area contributed by atoms with Gasteiger partial charge in [0.2, 0.25) is 5.92 Å². The highest BCUT2D eigenvalue weighted by atomic mass is 19.3. The SMILES string of the molecule is O=C(O)C1CN(C2CCC(F)(F)CC2)C1. The van der Waals surface area contributed by atoms with Crippen molar-refractivity contribution < 1.29 is 18.7 Å². The topological polar surface area (TPSA) is 40.5 Å². The Kier molecular flexibility index (Phi) is 2.66. The number of halogens is 2. The molecule has 1 N–H and O–H groups in total. The van der Waals surface area contributed by atoms with E-state index in [0.717, 1.165) is 0 Å². The Balaban J connectivity index is 1.77. The second kappa shape index (κ2) is 3.70. The van der Waals surface area contributed by atoms with E-state index in [4.69, 9.17) is 5.11 Å². The average Bonchev–Trinajstić information content (AvgIpc) is 2.04. The number of alkyl halides is 2. The highest BCUT2D eigenvalue weighted by Gasteiger charge is 2.42. The van der Waals surface area contributed by atoms with E-state index in [-0.39, 0.29) is 24.8 Å². The Labute approximate surface area is 87.1 Å². The van der Waals surface area contributed by atoms with E-state index < -0.39 is 11.9 Å². The van der Waals surface area contributed by atoms with E-state index in [1.165, 1.54) is 0 Å². The predicted molar refractivity (Wildman–Crippen MR) is 49.9 cm³/mol. The minimum Gasteiger partial charge on any atom is -0.481 e. The second-order valence-corrected chi connectivity index (χ2v) is 4.58. The fourth-order valence-corrected chi connectivity index (χ4v) is 2.36. The number of rotatable bonds is 2. The molecule has 3 nitrogen and oxygen atoms in total. The first kappa shape index (κ1) is 10.8. The zero-order chi connectivity index (χ0) is 11.1. The third-order valence-corrected chi connectivity index (χ3v) is 3.46. The van der Waals surface area contributed by atoms with Crippen LogP contribution in [-0.4, -0.2) is 41.0 Å². The van der Waals surface area contributed by atoms with Gasteiger partial charge in [0.25, 0.3) is 0 Å². The molecule has 0 unspecified atom stereocenters. The lowest BCUT2D eigenvalue weighted by Gasteiger charge is -2.45. The number of carboxylic acids is 1. The summed E-state index contributed by atoms with van der Waals surface area (Å²) in [7, 11) is 0. The summed E-state index contributed by atoms with van der Waals surface area (Å²) in [5.74, 6) is -3.55. The van der Waals surface area contributed by atoms with E-state index >= 15 is 0 Å². The number of hydrogen-bond acceptors (Lipinski definition) is 2. The van der Waals surface area contributed by atoms with Crippen LogP contribution in [0.15, 0.2) is 0 Å². The highest BCUT2D eigenvalue weighted by Crippen LogP contribution is 2.36. The van der Waals surface area contributed by atoms with Crippen LogP contribution in [0.4, 0.5) is 8.78 Å². The Hall–Kier alpha value is -0.710. The lowest BCUT2D eigenvalue weighted by molar-refractivity contribution is -0.150. The van der Waals surface area contributed by atoms with Gasteiger partial charge < -0.3 is 5.11 Å². The Bertz CT molecular complexity index is 254. The van der Waals surface area contributed by atoms with Crippen molar-refractivity contribution in [2.45, 2.75) is 37.6 Å². The summed E-state index contributed by atoms with van der Waals surface area (Å²) in [6, 6.07) is 0.181. The zero-order valence-corrected chi connectivity index (χ0v) is 8.46. The van der Waals surface area contributed by atoms with Crippen LogP contribution < -0.4 is 0 Å². The number of carbonyl (C=O) groups is 1. The molecule has 1 aliphatic heterocycles. The van der Waals surface area contributed by atoms with Crippen molar-refractivity contribution >= 4 is 5.97 Å². The van der Waals surface area contributed by atoms with Crippen molar-refractivity contribution in [2.75, 3.05) is 13.1 Å². The van der Waals surface area contributed by atoms with Crippen LogP contribution in [0.2, 0.25) is 0 Å². The van der Waals surface area contributed by atoms with Gasteiger partial charge in [-0.25, -0.2) is 8.78 Å². The molecule has 0 aromatic rings. The monoisotopic (exact) mass is 219 g/mol. The van der Waals surface area contributed by atoms with Gasteiger partial charge in [0.15, 0.2) is 0 Å². The summed E-state index contributed by atoms with van der Waals surface area (Å²) in [6.07, 6.45) is 0.899.